The molecule has 5 heteroatoms. The molecule has 0 heterocycles. The SMILES string of the molecule is C=CC([Si](C(C)C)(C(C)C)C(C)C)S(=O)(=O)O. The normalized spacial score (nSPS) is 15.6. The van der Waals surface area contributed by atoms with Crippen molar-refractivity contribution < 1.29 is 13.0 Å². The van der Waals surface area contributed by atoms with Crippen LogP contribution in [-0.2, 0) is 10.1 Å². The Morgan fingerprint density at radius 3 is 1.35 bits per heavy atom. The van der Waals surface area contributed by atoms with Gasteiger partial charge in [0.25, 0.3) is 10.1 Å². The van der Waals surface area contributed by atoms with Crippen LogP contribution in [0, 0.1) is 0 Å². The standard InChI is InChI=1S/C12H26O3SSi/c1-8-12(16(13,14)15)17(9(2)3,10(4)5)11(6)7/h8-12H,1H2,2-7H3,(H,13,14,15). The fourth-order valence-corrected chi connectivity index (χ4v) is 14.7. The molecule has 0 saturated carbocycles. The van der Waals surface area contributed by atoms with Gasteiger partial charge in [-0.1, -0.05) is 47.6 Å². The second kappa shape index (κ2) is 5.67. The van der Waals surface area contributed by atoms with Gasteiger partial charge in [-0.2, -0.15) is 8.42 Å². The Labute approximate surface area is 107 Å². The molecule has 0 aliphatic carbocycles. The minimum Gasteiger partial charge on any atom is -0.285 e. The minimum atomic E-state index is -4.06. The van der Waals surface area contributed by atoms with E-state index in [1.807, 2.05) is 0 Å². The van der Waals surface area contributed by atoms with Crippen molar-refractivity contribution in [3.63, 3.8) is 0 Å². The Hall–Kier alpha value is -0.133. The zero-order valence-electron chi connectivity index (χ0n) is 11.8. The van der Waals surface area contributed by atoms with Crippen LogP contribution in [0.1, 0.15) is 41.5 Å². The van der Waals surface area contributed by atoms with Crippen LogP contribution < -0.4 is 0 Å². The van der Waals surface area contributed by atoms with Crippen LogP contribution >= 0.6 is 0 Å². The second-order valence-electron chi connectivity index (χ2n) is 5.64. The fraction of sp³-hybridized carbons (Fsp3) is 0.833. The summed E-state index contributed by atoms with van der Waals surface area (Å²) < 4.78 is 32.8. The first-order valence-corrected chi connectivity index (χ1v) is 9.92. The number of hydrogen-bond acceptors (Lipinski definition) is 2. The smallest absolute Gasteiger partial charge is 0.268 e. The molecular formula is C12H26O3SSi. The van der Waals surface area contributed by atoms with E-state index in [-0.39, 0.29) is 16.6 Å². The first-order valence-electron chi connectivity index (χ1n) is 6.11. The molecule has 0 aromatic rings. The molecule has 0 saturated heterocycles. The monoisotopic (exact) mass is 278 g/mol. The van der Waals surface area contributed by atoms with Crippen LogP contribution in [0.25, 0.3) is 0 Å². The van der Waals surface area contributed by atoms with Crippen molar-refractivity contribution >= 4 is 18.2 Å². The van der Waals surface area contributed by atoms with Gasteiger partial charge in [-0.05, 0) is 16.6 Å². The molecule has 0 rings (SSSR count). The molecular weight excluding hydrogens is 252 g/mol. The van der Waals surface area contributed by atoms with Crippen molar-refractivity contribution in [1.29, 1.82) is 0 Å². The zero-order valence-corrected chi connectivity index (χ0v) is 13.6. The molecule has 0 fully saturated rings. The quantitative estimate of drug-likeness (QED) is 0.458. The molecule has 0 aromatic carbocycles. The first kappa shape index (κ1) is 16.9. The highest BCUT2D eigenvalue weighted by Crippen LogP contribution is 2.46. The van der Waals surface area contributed by atoms with Crippen molar-refractivity contribution in [2.75, 3.05) is 0 Å². The van der Waals surface area contributed by atoms with Crippen molar-refractivity contribution in [1.82, 2.24) is 0 Å². The fourth-order valence-electron chi connectivity index (χ4n) is 3.57. The number of hydrogen-bond donors (Lipinski definition) is 1. The minimum absolute atomic E-state index is 0.271. The Morgan fingerprint density at radius 2 is 1.29 bits per heavy atom. The van der Waals surface area contributed by atoms with E-state index in [1.165, 1.54) is 6.08 Å². The topological polar surface area (TPSA) is 54.4 Å². The predicted octanol–water partition coefficient (Wildman–Crippen LogP) is 3.65. The Bertz CT molecular complexity index is 336. The summed E-state index contributed by atoms with van der Waals surface area (Å²) in [6.45, 7) is 16.0. The molecule has 0 aliphatic heterocycles. The van der Waals surface area contributed by atoms with E-state index in [9.17, 15) is 13.0 Å². The van der Waals surface area contributed by atoms with Crippen molar-refractivity contribution in [3.05, 3.63) is 12.7 Å². The molecule has 102 valence electrons. The van der Waals surface area contributed by atoms with Gasteiger partial charge in [0.05, 0.1) is 12.9 Å². The van der Waals surface area contributed by atoms with Crippen LogP contribution in [0.4, 0.5) is 0 Å². The second-order valence-corrected chi connectivity index (χ2v) is 13.7. The van der Waals surface area contributed by atoms with E-state index in [4.69, 9.17) is 0 Å². The maximum absolute atomic E-state index is 11.6. The summed E-state index contributed by atoms with van der Waals surface area (Å²) in [6, 6.07) is 0. The summed E-state index contributed by atoms with van der Waals surface area (Å²) in [5, 5.41) is 0. The summed E-state index contributed by atoms with van der Waals surface area (Å²) in [5.41, 5.74) is 0.812. The van der Waals surface area contributed by atoms with Gasteiger partial charge >= 0.3 is 0 Å². The maximum Gasteiger partial charge on any atom is 0.268 e. The van der Waals surface area contributed by atoms with Crippen molar-refractivity contribution in [2.24, 2.45) is 0 Å². The average Bonchev–Trinajstić information content (AvgIpc) is 2.09. The summed E-state index contributed by atoms with van der Waals surface area (Å²) in [7, 11) is -6.31. The summed E-state index contributed by atoms with van der Waals surface area (Å²) >= 11 is 0. The lowest BCUT2D eigenvalue weighted by molar-refractivity contribution is 0.481. The predicted molar refractivity (Wildman–Crippen MR) is 76.6 cm³/mol. The summed E-state index contributed by atoms with van der Waals surface area (Å²) in [6.07, 6.45) is 1.43. The molecule has 1 atom stereocenters. The van der Waals surface area contributed by atoms with Gasteiger partial charge in [0.2, 0.25) is 0 Å². The van der Waals surface area contributed by atoms with Gasteiger partial charge in [0, 0.05) is 0 Å². The van der Waals surface area contributed by atoms with E-state index in [0.29, 0.717) is 0 Å². The first-order chi connectivity index (χ1) is 7.52. The number of rotatable bonds is 6. The van der Waals surface area contributed by atoms with E-state index in [0.717, 1.165) is 0 Å². The third-order valence-electron chi connectivity index (χ3n) is 4.03. The molecule has 0 aromatic heterocycles. The van der Waals surface area contributed by atoms with Gasteiger partial charge in [0.1, 0.15) is 0 Å². The molecule has 3 nitrogen and oxygen atoms in total. The largest absolute Gasteiger partial charge is 0.285 e. The van der Waals surface area contributed by atoms with E-state index < -0.39 is 23.1 Å². The molecule has 0 spiro atoms. The highest BCUT2D eigenvalue weighted by Gasteiger charge is 2.52. The molecule has 0 radical (unpaired) electrons. The van der Waals surface area contributed by atoms with Gasteiger partial charge in [-0.25, -0.2) is 0 Å². The third-order valence-corrected chi connectivity index (χ3v) is 14.2. The summed E-state index contributed by atoms with van der Waals surface area (Å²) in [4.78, 5) is -0.782. The Balaban J connectivity index is 6.00. The molecule has 1 unspecified atom stereocenters. The maximum atomic E-state index is 11.6. The molecule has 17 heavy (non-hydrogen) atoms. The lowest BCUT2D eigenvalue weighted by Crippen LogP contribution is -2.57. The van der Waals surface area contributed by atoms with Crippen molar-refractivity contribution in [3.8, 4) is 0 Å². The van der Waals surface area contributed by atoms with Gasteiger partial charge in [-0.3, -0.25) is 4.55 Å². The van der Waals surface area contributed by atoms with Gasteiger partial charge in [0.15, 0.2) is 0 Å². The average molecular weight is 278 g/mol. The van der Waals surface area contributed by atoms with Gasteiger partial charge < -0.3 is 0 Å². The Morgan fingerprint density at radius 1 is 1.00 bits per heavy atom. The van der Waals surface area contributed by atoms with E-state index in [2.05, 4.69) is 48.1 Å². The highest BCUT2D eigenvalue weighted by atomic mass is 32.2. The Kier molecular flexibility index (Phi) is 5.63. The van der Waals surface area contributed by atoms with E-state index >= 15 is 0 Å². The van der Waals surface area contributed by atoms with Crippen LogP contribution in [0.2, 0.25) is 16.6 Å². The zero-order chi connectivity index (χ0) is 14.0. The van der Waals surface area contributed by atoms with Crippen LogP contribution in [-0.4, -0.2) is 25.9 Å². The molecule has 0 bridgehead atoms. The lowest BCUT2D eigenvalue weighted by Gasteiger charge is -2.46. The van der Waals surface area contributed by atoms with Crippen LogP contribution in [0.5, 0.6) is 0 Å². The molecule has 0 amide bonds. The van der Waals surface area contributed by atoms with Crippen LogP contribution in [0.15, 0.2) is 12.7 Å². The van der Waals surface area contributed by atoms with Crippen LogP contribution in [0.3, 0.4) is 0 Å². The molecule has 0 aliphatic rings. The lowest BCUT2D eigenvalue weighted by atomic mass is 10.5. The third kappa shape index (κ3) is 3.00. The highest BCUT2D eigenvalue weighted by molar-refractivity contribution is 7.88. The van der Waals surface area contributed by atoms with Crippen molar-refractivity contribution in [2.45, 2.75) is 63.0 Å². The molecule has 1 N–H and O–H groups in total. The summed E-state index contributed by atoms with van der Waals surface area (Å²) in [5.74, 6) is 0. The van der Waals surface area contributed by atoms with E-state index in [1.54, 1.807) is 0 Å². The van der Waals surface area contributed by atoms with Gasteiger partial charge in [-0.15, -0.1) is 6.58 Å².